The van der Waals surface area contributed by atoms with Gasteiger partial charge in [0.15, 0.2) is 0 Å². The Labute approximate surface area is 173 Å². The van der Waals surface area contributed by atoms with Crippen LogP contribution in [-0.4, -0.2) is 53.7 Å². The Morgan fingerprint density at radius 2 is 2.04 bits per heavy atom. The van der Waals surface area contributed by atoms with Gasteiger partial charge in [-0.1, -0.05) is 27.8 Å². The third-order valence-electron chi connectivity index (χ3n) is 4.09. The fourth-order valence-corrected chi connectivity index (χ4v) is 6.17. The summed E-state index contributed by atoms with van der Waals surface area (Å²) in [5.74, 6) is 6.30. The third-order valence-corrected chi connectivity index (χ3v) is 7.72. The number of amides is 1. The molecule has 27 heavy (non-hydrogen) atoms. The van der Waals surface area contributed by atoms with Gasteiger partial charge >= 0.3 is 0 Å². The number of primary amides is 1. The summed E-state index contributed by atoms with van der Waals surface area (Å²) in [4.78, 5) is 12.1. The lowest BCUT2D eigenvalue weighted by Gasteiger charge is -2.43. The van der Waals surface area contributed by atoms with Crippen LogP contribution in [0.2, 0.25) is 0 Å². The van der Waals surface area contributed by atoms with Gasteiger partial charge in [0, 0.05) is 28.8 Å². The highest BCUT2D eigenvalue weighted by molar-refractivity contribution is 9.09. The van der Waals surface area contributed by atoms with Crippen molar-refractivity contribution >= 4 is 43.6 Å². The van der Waals surface area contributed by atoms with E-state index in [0.717, 1.165) is 11.8 Å². The molecule has 0 saturated carbocycles. The van der Waals surface area contributed by atoms with Gasteiger partial charge in [0.2, 0.25) is 15.9 Å². The molecule has 1 aromatic rings. The first kappa shape index (κ1) is 22.1. The number of rotatable bonds is 6. The monoisotopic (exact) mass is 474 g/mol. The minimum atomic E-state index is -3.85. The first-order chi connectivity index (χ1) is 12.7. The SMILES string of the molecule is CC1(C)SCCN(S(=O)(=O)c2ccc(OCC#CCCBr)cc2)C1C(N)=O. The van der Waals surface area contributed by atoms with Crippen LogP contribution in [0, 0.1) is 11.8 Å². The second kappa shape index (κ2) is 9.32. The van der Waals surface area contributed by atoms with Gasteiger partial charge in [-0.3, -0.25) is 4.79 Å². The molecule has 1 heterocycles. The molecule has 1 unspecified atom stereocenters. The average molecular weight is 475 g/mol. The van der Waals surface area contributed by atoms with Crippen molar-refractivity contribution in [3.63, 3.8) is 0 Å². The van der Waals surface area contributed by atoms with E-state index >= 15 is 0 Å². The van der Waals surface area contributed by atoms with Crippen molar-refractivity contribution in [3.8, 4) is 17.6 Å². The topological polar surface area (TPSA) is 89.7 Å². The Kier molecular flexibility index (Phi) is 7.63. The standard InChI is InChI=1S/C18H23BrN2O4S2/c1-18(2)16(17(20)22)21(11-13-26-18)27(23,24)15-8-6-14(7-9-15)25-12-5-3-4-10-19/h6-9,16H,4,10-13H2,1-2H3,(H2,20,22). The molecule has 0 aromatic heterocycles. The van der Waals surface area contributed by atoms with Crippen molar-refractivity contribution in [2.24, 2.45) is 5.73 Å². The van der Waals surface area contributed by atoms with Gasteiger partial charge < -0.3 is 10.5 Å². The molecule has 0 aliphatic carbocycles. The van der Waals surface area contributed by atoms with Crippen molar-refractivity contribution in [2.75, 3.05) is 24.2 Å². The summed E-state index contributed by atoms with van der Waals surface area (Å²) < 4.78 is 32.3. The Morgan fingerprint density at radius 3 is 2.63 bits per heavy atom. The molecule has 1 saturated heterocycles. The summed E-state index contributed by atoms with van der Waals surface area (Å²) in [6.07, 6.45) is 0.742. The Hall–Kier alpha value is -1.21. The van der Waals surface area contributed by atoms with Crippen molar-refractivity contribution in [3.05, 3.63) is 24.3 Å². The number of halogens is 1. The van der Waals surface area contributed by atoms with E-state index in [-0.39, 0.29) is 18.0 Å². The van der Waals surface area contributed by atoms with Crippen LogP contribution in [0.25, 0.3) is 0 Å². The molecule has 6 nitrogen and oxygen atoms in total. The quantitative estimate of drug-likeness (QED) is 0.504. The molecule has 0 radical (unpaired) electrons. The highest BCUT2D eigenvalue weighted by Gasteiger charge is 2.47. The first-order valence-electron chi connectivity index (χ1n) is 8.40. The highest BCUT2D eigenvalue weighted by Crippen LogP contribution is 2.38. The van der Waals surface area contributed by atoms with E-state index in [4.69, 9.17) is 10.5 Å². The van der Waals surface area contributed by atoms with Gasteiger partial charge in [0.1, 0.15) is 18.4 Å². The lowest BCUT2D eigenvalue weighted by atomic mass is 10.0. The fraction of sp³-hybridized carbons (Fsp3) is 0.500. The minimum Gasteiger partial charge on any atom is -0.481 e. The fourth-order valence-electron chi connectivity index (χ4n) is 2.85. The third kappa shape index (κ3) is 5.41. The van der Waals surface area contributed by atoms with Crippen LogP contribution in [0.4, 0.5) is 0 Å². The van der Waals surface area contributed by atoms with E-state index in [0.29, 0.717) is 11.5 Å². The predicted octanol–water partition coefficient (Wildman–Crippen LogP) is 2.22. The number of carbonyl (C=O) groups is 1. The second-order valence-corrected chi connectivity index (χ2v) is 10.9. The summed E-state index contributed by atoms with van der Waals surface area (Å²) >= 11 is 4.84. The van der Waals surface area contributed by atoms with E-state index < -0.39 is 26.7 Å². The summed E-state index contributed by atoms with van der Waals surface area (Å²) in [5.41, 5.74) is 5.53. The number of hydrogen-bond donors (Lipinski definition) is 1. The summed E-state index contributed by atoms with van der Waals surface area (Å²) in [6, 6.07) is 5.22. The van der Waals surface area contributed by atoms with Gasteiger partial charge in [-0.05, 0) is 38.1 Å². The Balaban J connectivity index is 2.18. The number of alkyl halides is 1. The molecule has 0 spiro atoms. The molecule has 148 valence electrons. The normalized spacial score (nSPS) is 19.7. The van der Waals surface area contributed by atoms with Gasteiger partial charge in [-0.15, -0.1) is 0 Å². The van der Waals surface area contributed by atoms with Crippen molar-refractivity contribution in [2.45, 2.75) is 36.0 Å². The molecule has 1 aromatic carbocycles. The highest BCUT2D eigenvalue weighted by atomic mass is 79.9. The van der Waals surface area contributed by atoms with Crippen LogP contribution in [0.15, 0.2) is 29.2 Å². The molecule has 9 heteroatoms. The van der Waals surface area contributed by atoms with Crippen LogP contribution in [0.1, 0.15) is 20.3 Å². The molecule has 1 amide bonds. The van der Waals surface area contributed by atoms with Crippen molar-refractivity contribution in [1.29, 1.82) is 0 Å². The summed E-state index contributed by atoms with van der Waals surface area (Å²) in [6.45, 7) is 4.15. The molecule has 2 rings (SSSR count). The molecule has 1 fully saturated rings. The smallest absolute Gasteiger partial charge is 0.243 e. The van der Waals surface area contributed by atoms with Gasteiger partial charge in [-0.2, -0.15) is 16.1 Å². The zero-order valence-electron chi connectivity index (χ0n) is 15.3. The zero-order chi connectivity index (χ0) is 20.1. The van der Waals surface area contributed by atoms with Gasteiger partial charge in [0.05, 0.1) is 4.90 Å². The van der Waals surface area contributed by atoms with Gasteiger partial charge in [0.25, 0.3) is 0 Å². The summed E-state index contributed by atoms with van der Waals surface area (Å²) in [5, 5.41) is 0.810. The second-order valence-electron chi connectivity index (χ2n) is 6.43. The minimum absolute atomic E-state index is 0.106. The zero-order valence-corrected chi connectivity index (χ0v) is 18.5. The van der Waals surface area contributed by atoms with E-state index in [1.54, 1.807) is 23.9 Å². The number of sulfonamides is 1. The largest absolute Gasteiger partial charge is 0.481 e. The lowest BCUT2D eigenvalue weighted by molar-refractivity contribution is -0.122. The number of nitrogens with zero attached hydrogens (tertiary/aromatic N) is 1. The van der Waals surface area contributed by atoms with E-state index in [2.05, 4.69) is 27.8 Å². The van der Waals surface area contributed by atoms with Crippen molar-refractivity contribution in [1.82, 2.24) is 4.31 Å². The molecular formula is C18H23BrN2O4S2. The number of nitrogens with two attached hydrogens (primary N) is 1. The first-order valence-corrected chi connectivity index (χ1v) is 11.9. The number of ether oxygens (including phenoxy) is 1. The molecule has 0 bridgehead atoms. The van der Waals surface area contributed by atoms with Crippen molar-refractivity contribution < 1.29 is 17.9 Å². The van der Waals surface area contributed by atoms with E-state index in [9.17, 15) is 13.2 Å². The molecule has 2 N–H and O–H groups in total. The van der Waals surface area contributed by atoms with Crippen LogP contribution < -0.4 is 10.5 Å². The van der Waals surface area contributed by atoms with Crippen LogP contribution in [0.3, 0.4) is 0 Å². The number of benzene rings is 1. The number of hydrogen-bond acceptors (Lipinski definition) is 5. The molecule has 1 aliphatic rings. The van der Waals surface area contributed by atoms with Crippen LogP contribution >= 0.6 is 27.7 Å². The number of carbonyl (C=O) groups excluding carboxylic acids is 1. The maximum atomic E-state index is 13.1. The van der Waals surface area contributed by atoms with E-state index in [1.807, 2.05) is 13.8 Å². The molecule has 1 aliphatic heterocycles. The lowest BCUT2D eigenvalue weighted by Crippen LogP contribution is -2.60. The van der Waals surface area contributed by atoms with E-state index in [1.165, 1.54) is 16.4 Å². The maximum Gasteiger partial charge on any atom is 0.243 e. The van der Waals surface area contributed by atoms with Crippen LogP contribution in [0.5, 0.6) is 5.75 Å². The Morgan fingerprint density at radius 1 is 1.37 bits per heavy atom. The number of thioether (sulfide) groups is 1. The maximum absolute atomic E-state index is 13.1. The van der Waals surface area contributed by atoms with Crippen LogP contribution in [-0.2, 0) is 14.8 Å². The molecular weight excluding hydrogens is 452 g/mol. The van der Waals surface area contributed by atoms with Gasteiger partial charge in [-0.25, -0.2) is 8.42 Å². The average Bonchev–Trinajstić information content (AvgIpc) is 2.60. The summed E-state index contributed by atoms with van der Waals surface area (Å²) in [7, 11) is -3.85. The molecule has 1 atom stereocenters. The predicted molar refractivity (Wildman–Crippen MR) is 112 cm³/mol. The Bertz CT molecular complexity index is 829.